The lowest BCUT2D eigenvalue weighted by Crippen LogP contribution is -2.29. The molecule has 6 nitrogen and oxygen atoms in total. The Bertz CT molecular complexity index is 1220. The van der Waals surface area contributed by atoms with Gasteiger partial charge in [-0.2, -0.15) is 0 Å². The van der Waals surface area contributed by atoms with Crippen LogP contribution in [0, 0.1) is 26.7 Å². The summed E-state index contributed by atoms with van der Waals surface area (Å²) in [6, 6.07) is 14.2. The van der Waals surface area contributed by atoms with E-state index in [-0.39, 0.29) is 23.9 Å². The number of carbonyl (C=O) groups excluding carboxylic acids is 1. The summed E-state index contributed by atoms with van der Waals surface area (Å²) in [5, 5.41) is 7.23. The third-order valence-corrected chi connectivity index (χ3v) is 6.93. The van der Waals surface area contributed by atoms with Crippen LogP contribution in [0.2, 0.25) is 0 Å². The molecule has 4 rings (SSSR count). The van der Waals surface area contributed by atoms with Crippen LogP contribution in [0.5, 0.6) is 0 Å². The van der Waals surface area contributed by atoms with Crippen LogP contribution < -0.4 is 15.5 Å². The molecule has 1 saturated heterocycles. The molecule has 178 valence electrons. The summed E-state index contributed by atoms with van der Waals surface area (Å²) in [5.74, 6) is -0.0685. The lowest BCUT2D eigenvalue weighted by molar-refractivity contribution is -0.118. The summed E-state index contributed by atoms with van der Waals surface area (Å²) < 4.78 is 2.33. The van der Waals surface area contributed by atoms with Crippen LogP contribution in [0.15, 0.2) is 48.7 Å². The number of hydrogen-bond acceptors (Lipinski definition) is 3. The van der Waals surface area contributed by atoms with E-state index in [1.807, 2.05) is 57.3 Å². The van der Waals surface area contributed by atoms with Crippen LogP contribution in [0.4, 0.5) is 11.4 Å². The number of nitrogens with one attached hydrogen (secondary N) is 2. The molecule has 1 aliphatic heterocycles. The Kier molecular flexibility index (Phi) is 6.75. The number of carbonyl (C=O) groups is 1. The first-order valence-corrected chi connectivity index (χ1v) is 12.2. The number of thiocarbonyl (C=S) groups is 1. The summed E-state index contributed by atoms with van der Waals surface area (Å²) >= 11 is 5.88. The van der Waals surface area contributed by atoms with E-state index in [0.29, 0.717) is 5.11 Å². The van der Waals surface area contributed by atoms with Crippen molar-refractivity contribution in [2.45, 2.75) is 60.2 Å². The average molecular weight is 476 g/mol. The number of aryl methyl sites for hydroxylation is 2. The third-order valence-electron chi connectivity index (χ3n) is 6.62. The molecule has 0 radical (unpaired) electrons. The van der Waals surface area contributed by atoms with Gasteiger partial charge in [-0.3, -0.25) is 9.78 Å². The van der Waals surface area contributed by atoms with Gasteiger partial charge in [0.1, 0.15) is 0 Å². The molecule has 0 saturated carbocycles. The Morgan fingerprint density at radius 1 is 1.18 bits per heavy atom. The number of rotatable bonds is 6. The number of anilines is 2. The van der Waals surface area contributed by atoms with Gasteiger partial charge in [0.05, 0.1) is 17.8 Å². The maximum Gasteiger partial charge on any atom is 0.226 e. The van der Waals surface area contributed by atoms with Gasteiger partial charge in [0.2, 0.25) is 5.91 Å². The molecule has 3 aromatic rings. The quantitative estimate of drug-likeness (QED) is 0.455. The first kappa shape index (κ1) is 24.0. The molecule has 34 heavy (non-hydrogen) atoms. The molecular formula is C27H33N5OS. The molecule has 1 amide bonds. The van der Waals surface area contributed by atoms with E-state index < -0.39 is 0 Å². The van der Waals surface area contributed by atoms with Crippen molar-refractivity contribution in [3.05, 3.63) is 76.9 Å². The van der Waals surface area contributed by atoms with E-state index in [1.165, 1.54) is 17.0 Å². The maximum absolute atomic E-state index is 12.2. The Morgan fingerprint density at radius 3 is 2.53 bits per heavy atom. The van der Waals surface area contributed by atoms with Gasteiger partial charge in [-0.25, -0.2) is 0 Å². The van der Waals surface area contributed by atoms with E-state index >= 15 is 0 Å². The summed E-state index contributed by atoms with van der Waals surface area (Å²) in [5.41, 5.74) is 7.46. The van der Waals surface area contributed by atoms with Crippen molar-refractivity contribution in [2.24, 2.45) is 5.92 Å². The second-order valence-corrected chi connectivity index (χ2v) is 9.60. The van der Waals surface area contributed by atoms with Crippen LogP contribution in [-0.2, 0) is 11.3 Å². The summed E-state index contributed by atoms with van der Waals surface area (Å²) in [4.78, 5) is 19.1. The zero-order valence-electron chi connectivity index (χ0n) is 20.7. The Labute approximate surface area is 207 Å². The fraction of sp³-hybridized carbons (Fsp3) is 0.370. The highest BCUT2D eigenvalue weighted by molar-refractivity contribution is 7.80. The fourth-order valence-electron chi connectivity index (χ4n) is 4.78. The Morgan fingerprint density at radius 2 is 1.94 bits per heavy atom. The van der Waals surface area contributed by atoms with Crippen molar-refractivity contribution >= 4 is 34.6 Å². The molecule has 0 bridgehead atoms. The standard InChI is InChI=1S/C27H33N5OS/c1-7-31-18(5)15-21(19(31)6)25-24(23-10-8-9-13-28-23)30-27(34)32(25)20-11-12-22(17(4)14-20)29-26(33)16(2)3/h8-16,24-25H,7H2,1-6H3,(H,29,33)(H,30,34). The summed E-state index contributed by atoms with van der Waals surface area (Å²) in [6.45, 7) is 13.2. The molecule has 2 atom stereocenters. The predicted molar refractivity (Wildman–Crippen MR) is 142 cm³/mol. The Hall–Kier alpha value is -3.19. The highest BCUT2D eigenvalue weighted by Gasteiger charge is 2.42. The van der Waals surface area contributed by atoms with Gasteiger partial charge in [0.25, 0.3) is 0 Å². The van der Waals surface area contributed by atoms with Gasteiger partial charge in [-0.15, -0.1) is 0 Å². The number of hydrogen-bond donors (Lipinski definition) is 2. The zero-order chi connectivity index (χ0) is 24.6. The monoisotopic (exact) mass is 475 g/mol. The van der Waals surface area contributed by atoms with Crippen LogP contribution in [-0.4, -0.2) is 20.6 Å². The maximum atomic E-state index is 12.2. The van der Waals surface area contributed by atoms with Gasteiger partial charge in [-0.1, -0.05) is 19.9 Å². The second-order valence-electron chi connectivity index (χ2n) is 9.21. The molecule has 2 unspecified atom stereocenters. The number of pyridine rings is 1. The minimum Gasteiger partial charge on any atom is -0.351 e. The van der Waals surface area contributed by atoms with Gasteiger partial charge >= 0.3 is 0 Å². The minimum absolute atomic E-state index is 0.00862. The highest BCUT2D eigenvalue weighted by atomic mass is 32.1. The fourth-order valence-corrected chi connectivity index (χ4v) is 5.12. The van der Waals surface area contributed by atoms with Gasteiger partial charge in [0.15, 0.2) is 5.11 Å². The van der Waals surface area contributed by atoms with Crippen molar-refractivity contribution < 1.29 is 4.79 Å². The third kappa shape index (κ3) is 4.32. The lowest BCUT2D eigenvalue weighted by atomic mass is 9.96. The molecule has 0 spiro atoms. The topological polar surface area (TPSA) is 62.2 Å². The molecule has 0 aliphatic carbocycles. The van der Waals surface area contributed by atoms with Crippen LogP contribution in [0.1, 0.15) is 61.1 Å². The number of amides is 1. The predicted octanol–water partition coefficient (Wildman–Crippen LogP) is 5.60. The highest BCUT2D eigenvalue weighted by Crippen LogP contribution is 2.43. The molecule has 3 heterocycles. The van der Waals surface area contributed by atoms with Crippen LogP contribution in [0.3, 0.4) is 0 Å². The van der Waals surface area contributed by atoms with Crippen molar-refractivity contribution in [1.82, 2.24) is 14.9 Å². The first-order chi connectivity index (χ1) is 16.2. The largest absolute Gasteiger partial charge is 0.351 e. The van der Waals surface area contributed by atoms with Crippen molar-refractivity contribution in [3.63, 3.8) is 0 Å². The summed E-state index contributed by atoms with van der Waals surface area (Å²) in [7, 11) is 0. The van der Waals surface area contributed by atoms with Crippen molar-refractivity contribution in [3.8, 4) is 0 Å². The lowest BCUT2D eigenvalue weighted by Gasteiger charge is -2.29. The molecule has 1 aliphatic rings. The number of benzene rings is 1. The van der Waals surface area contributed by atoms with E-state index in [9.17, 15) is 4.79 Å². The smallest absolute Gasteiger partial charge is 0.226 e. The minimum atomic E-state index is -0.0832. The van der Waals surface area contributed by atoms with E-state index in [0.717, 1.165) is 29.2 Å². The average Bonchev–Trinajstić information content (AvgIpc) is 3.30. The van der Waals surface area contributed by atoms with Crippen LogP contribution in [0.25, 0.3) is 0 Å². The molecule has 7 heteroatoms. The van der Waals surface area contributed by atoms with Gasteiger partial charge in [0, 0.05) is 41.4 Å². The SMILES string of the molecule is CCn1c(C)cc(C2C(c3ccccn3)NC(=S)N2c2ccc(NC(=O)C(C)C)c(C)c2)c1C. The number of nitrogens with zero attached hydrogens (tertiary/aromatic N) is 3. The van der Waals surface area contributed by atoms with Crippen molar-refractivity contribution in [1.29, 1.82) is 0 Å². The zero-order valence-corrected chi connectivity index (χ0v) is 21.5. The molecule has 2 N–H and O–H groups in total. The van der Waals surface area contributed by atoms with E-state index in [2.05, 4.69) is 58.0 Å². The molecule has 1 fully saturated rings. The first-order valence-electron chi connectivity index (χ1n) is 11.8. The number of aromatic nitrogens is 2. The normalized spacial score (nSPS) is 17.9. The molecule has 1 aromatic carbocycles. The van der Waals surface area contributed by atoms with Gasteiger partial charge in [-0.05, 0) is 87.4 Å². The van der Waals surface area contributed by atoms with Crippen molar-refractivity contribution in [2.75, 3.05) is 10.2 Å². The van der Waals surface area contributed by atoms with E-state index in [4.69, 9.17) is 12.2 Å². The van der Waals surface area contributed by atoms with Crippen LogP contribution >= 0.6 is 12.2 Å². The van der Waals surface area contributed by atoms with E-state index in [1.54, 1.807) is 0 Å². The second kappa shape index (κ2) is 9.58. The Balaban J connectivity index is 1.80. The van der Waals surface area contributed by atoms with Gasteiger partial charge < -0.3 is 20.1 Å². The summed E-state index contributed by atoms with van der Waals surface area (Å²) in [6.07, 6.45) is 1.82. The molecule has 2 aromatic heterocycles. The molecular weight excluding hydrogens is 442 g/mol.